The van der Waals surface area contributed by atoms with Gasteiger partial charge in [0.05, 0.1) is 43.2 Å². The van der Waals surface area contributed by atoms with Crippen molar-refractivity contribution in [3.05, 3.63) is 114 Å². The lowest BCUT2D eigenvalue weighted by Crippen LogP contribution is -2.30. The molecule has 2 atom stereocenters. The van der Waals surface area contributed by atoms with Gasteiger partial charge in [-0.15, -0.1) is 0 Å². The molecule has 36 heavy (non-hydrogen) atoms. The maximum atomic E-state index is 12.6. The Bertz CT molecular complexity index is 1370. The van der Waals surface area contributed by atoms with Gasteiger partial charge in [0.15, 0.2) is 5.11 Å². The van der Waals surface area contributed by atoms with Crippen LogP contribution in [0.3, 0.4) is 0 Å². The molecule has 0 amide bonds. The molecule has 8 heteroatoms. The number of aromatic nitrogens is 2. The van der Waals surface area contributed by atoms with E-state index in [1.54, 1.807) is 19.4 Å². The Morgan fingerprint density at radius 3 is 2.50 bits per heavy atom. The molecule has 4 aromatic rings. The van der Waals surface area contributed by atoms with E-state index < -0.39 is 0 Å². The number of carbonyl (C=O) groups is 1. The Morgan fingerprint density at radius 2 is 1.78 bits per heavy atom. The lowest BCUT2D eigenvalue weighted by atomic mass is 10.0. The van der Waals surface area contributed by atoms with E-state index in [4.69, 9.17) is 21.7 Å². The Hall–Kier alpha value is -4.17. The van der Waals surface area contributed by atoms with Crippen LogP contribution < -0.4 is 10.1 Å². The summed E-state index contributed by atoms with van der Waals surface area (Å²) in [5.41, 5.74) is 4.19. The first-order chi connectivity index (χ1) is 17.6. The van der Waals surface area contributed by atoms with Crippen LogP contribution in [-0.2, 0) is 11.3 Å². The normalized spacial score (nSPS) is 17.1. The second-order valence-electron chi connectivity index (χ2n) is 8.41. The third kappa shape index (κ3) is 4.43. The number of benzene rings is 2. The summed E-state index contributed by atoms with van der Waals surface area (Å²) in [5, 5.41) is 4.13. The number of methoxy groups -OCH3 is 2. The molecule has 0 radical (unpaired) electrons. The van der Waals surface area contributed by atoms with Gasteiger partial charge in [-0.3, -0.25) is 4.98 Å². The van der Waals surface area contributed by atoms with Gasteiger partial charge in [-0.05, 0) is 66.3 Å². The number of hydrogen-bond acceptors (Lipinski definition) is 5. The molecule has 2 aromatic carbocycles. The molecule has 1 aliphatic rings. The molecule has 1 saturated heterocycles. The second kappa shape index (κ2) is 10.2. The van der Waals surface area contributed by atoms with E-state index in [9.17, 15) is 4.79 Å². The highest BCUT2D eigenvalue weighted by atomic mass is 32.1. The van der Waals surface area contributed by atoms with Crippen LogP contribution in [0, 0.1) is 0 Å². The lowest BCUT2D eigenvalue weighted by Gasteiger charge is -2.29. The number of pyridine rings is 1. The third-order valence-electron chi connectivity index (χ3n) is 6.36. The number of rotatable bonds is 7. The first-order valence-electron chi connectivity index (χ1n) is 11.6. The van der Waals surface area contributed by atoms with Crippen molar-refractivity contribution < 1.29 is 14.3 Å². The van der Waals surface area contributed by atoms with Crippen LogP contribution in [0.1, 0.15) is 39.4 Å². The molecule has 1 aliphatic heterocycles. The maximum absolute atomic E-state index is 12.6. The number of para-hydroxylation sites is 1. The van der Waals surface area contributed by atoms with Gasteiger partial charge in [-0.1, -0.05) is 30.3 Å². The number of carbonyl (C=O) groups excluding carboxylic acids is 1. The van der Waals surface area contributed by atoms with Gasteiger partial charge < -0.3 is 24.3 Å². The van der Waals surface area contributed by atoms with Crippen LogP contribution in [0.2, 0.25) is 0 Å². The molecular weight excluding hydrogens is 472 g/mol. The van der Waals surface area contributed by atoms with Gasteiger partial charge in [-0.25, -0.2) is 4.79 Å². The smallest absolute Gasteiger partial charge is 0.339 e. The molecular formula is C28H26N4O3S. The predicted octanol–water partition coefficient (Wildman–Crippen LogP) is 4.84. The van der Waals surface area contributed by atoms with Crippen molar-refractivity contribution in [3.8, 4) is 11.4 Å². The maximum Gasteiger partial charge on any atom is 0.339 e. The average molecular weight is 499 g/mol. The van der Waals surface area contributed by atoms with Crippen molar-refractivity contribution in [1.29, 1.82) is 0 Å². The van der Waals surface area contributed by atoms with Crippen LogP contribution in [-0.4, -0.2) is 39.8 Å². The topological polar surface area (TPSA) is 68.6 Å². The summed E-state index contributed by atoms with van der Waals surface area (Å²) >= 11 is 5.84. The van der Waals surface area contributed by atoms with Crippen molar-refractivity contribution in [2.75, 3.05) is 14.2 Å². The first-order valence-corrected chi connectivity index (χ1v) is 12.0. The van der Waals surface area contributed by atoms with Crippen molar-refractivity contribution in [2.24, 2.45) is 0 Å². The van der Waals surface area contributed by atoms with Gasteiger partial charge in [0.2, 0.25) is 0 Å². The van der Waals surface area contributed by atoms with Crippen LogP contribution in [0.5, 0.6) is 5.75 Å². The SMILES string of the molecule is COC(=O)c1ccccc1-n1cccc1[C@H]1[C@H](c2ccccn2)NC(=S)N1Cc1ccc(OC)cc1. The standard InChI is InChI=1S/C28H26N4O3S/c1-34-20-14-12-19(13-15-20)18-32-26(25(30-28(32)36)22-9-5-6-16-29-22)24-11-7-17-31(24)23-10-4-3-8-21(23)27(33)35-2/h3-17,25-26H,18H2,1-2H3,(H,30,36)/t25-,26-/m0/s1. The molecule has 3 heterocycles. The summed E-state index contributed by atoms with van der Waals surface area (Å²) in [4.78, 5) is 19.4. The molecule has 0 unspecified atom stereocenters. The van der Waals surface area contributed by atoms with Gasteiger partial charge >= 0.3 is 5.97 Å². The molecule has 5 rings (SSSR count). The molecule has 7 nitrogen and oxygen atoms in total. The fourth-order valence-electron chi connectivity index (χ4n) is 4.65. The van der Waals surface area contributed by atoms with Crippen molar-refractivity contribution in [3.63, 3.8) is 0 Å². The summed E-state index contributed by atoms with van der Waals surface area (Å²) in [6, 6.07) is 24.9. The fraction of sp³-hybridized carbons (Fsp3) is 0.179. The molecule has 182 valence electrons. The monoisotopic (exact) mass is 498 g/mol. The zero-order chi connectivity index (χ0) is 25.1. The molecule has 1 N–H and O–H groups in total. The summed E-state index contributed by atoms with van der Waals surface area (Å²) in [5.74, 6) is 0.416. The largest absolute Gasteiger partial charge is 0.497 e. The highest BCUT2D eigenvalue weighted by molar-refractivity contribution is 7.80. The number of hydrogen-bond donors (Lipinski definition) is 1. The van der Waals surface area contributed by atoms with Gasteiger partial charge in [-0.2, -0.15) is 0 Å². The quantitative estimate of drug-likeness (QED) is 0.289. The summed E-state index contributed by atoms with van der Waals surface area (Å²) in [7, 11) is 3.05. The van der Waals surface area contributed by atoms with E-state index in [2.05, 4.69) is 21.3 Å². The molecule has 2 aromatic heterocycles. The number of thiocarbonyl (C=S) groups is 1. The van der Waals surface area contributed by atoms with E-state index >= 15 is 0 Å². The zero-order valence-electron chi connectivity index (χ0n) is 20.0. The summed E-state index contributed by atoms with van der Waals surface area (Å²) in [6.45, 7) is 0.591. The van der Waals surface area contributed by atoms with Crippen LogP contribution in [0.25, 0.3) is 5.69 Å². The zero-order valence-corrected chi connectivity index (χ0v) is 20.8. The minimum atomic E-state index is -0.387. The highest BCUT2D eigenvalue weighted by Crippen LogP contribution is 2.40. The van der Waals surface area contributed by atoms with E-state index in [1.807, 2.05) is 77.5 Å². The minimum Gasteiger partial charge on any atom is -0.497 e. The van der Waals surface area contributed by atoms with Crippen molar-refractivity contribution in [1.82, 2.24) is 19.8 Å². The second-order valence-corrected chi connectivity index (χ2v) is 8.80. The van der Waals surface area contributed by atoms with Gasteiger partial charge in [0.25, 0.3) is 0 Å². The number of ether oxygens (including phenoxy) is 2. The van der Waals surface area contributed by atoms with E-state index in [-0.39, 0.29) is 18.1 Å². The molecule has 0 bridgehead atoms. The molecule has 0 spiro atoms. The van der Waals surface area contributed by atoms with E-state index in [0.717, 1.165) is 28.4 Å². The molecule has 0 saturated carbocycles. The van der Waals surface area contributed by atoms with Crippen molar-refractivity contribution >= 4 is 23.3 Å². The Kier molecular flexibility index (Phi) is 6.69. The fourth-order valence-corrected chi connectivity index (χ4v) is 4.95. The summed E-state index contributed by atoms with van der Waals surface area (Å²) < 4.78 is 12.4. The van der Waals surface area contributed by atoms with Gasteiger partial charge in [0.1, 0.15) is 5.75 Å². The molecule has 1 fully saturated rings. The Balaban J connectivity index is 1.60. The lowest BCUT2D eigenvalue weighted by molar-refractivity contribution is 0.0600. The Morgan fingerprint density at radius 1 is 1.00 bits per heavy atom. The number of nitrogens with one attached hydrogen (secondary N) is 1. The predicted molar refractivity (Wildman–Crippen MR) is 141 cm³/mol. The Labute approximate surface area is 215 Å². The van der Waals surface area contributed by atoms with Gasteiger partial charge in [0, 0.05) is 24.6 Å². The number of nitrogens with zero attached hydrogens (tertiary/aromatic N) is 3. The summed E-state index contributed by atoms with van der Waals surface area (Å²) in [6.07, 6.45) is 3.74. The van der Waals surface area contributed by atoms with E-state index in [0.29, 0.717) is 17.2 Å². The van der Waals surface area contributed by atoms with Crippen molar-refractivity contribution in [2.45, 2.75) is 18.6 Å². The minimum absolute atomic E-state index is 0.184. The van der Waals surface area contributed by atoms with Crippen LogP contribution in [0.15, 0.2) is 91.3 Å². The van der Waals surface area contributed by atoms with Crippen LogP contribution >= 0.6 is 12.2 Å². The highest BCUT2D eigenvalue weighted by Gasteiger charge is 2.41. The average Bonchev–Trinajstić information content (AvgIpc) is 3.53. The van der Waals surface area contributed by atoms with E-state index in [1.165, 1.54) is 7.11 Å². The first kappa shape index (κ1) is 23.6. The van der Waals surface area contributed by atoms with Crippen LogP contribution in [0.4, 0.5) is 0 Å². The molecule has 0 aliphatic carbocycles. The number of esters is 1. The third-order valence-corrected chi connectivity index (χ3v) is 6.71.